The van der Waals surface area contributed by atoms with Gasteiger partial charge in [0.1, 0.15) is 0 Å². The molecule has 0 fully saturated rings. The summed E-state index contributed by atoms with van der Waals surface area (Å²) in [7, 11) is 0. The molecule has 0 amide bonds. The molecular formula is C11H20O3. The summed E-state index contributed by atoms with van der Waals surface area (Å²) in [5.74, 6) is -1.05. The third-order valence-corrected chi connectivity index (χ3v) is 2.97. The van der Waals surface area contributed by atoms with Crippen LogP contribution >= 0.6 is 0 Å². The molecule has 0 N–H and O–H groups in total. The predicted molar refractivity (Wildman–Crippen MR) is 54.9 cm³/mol. The maximum atomic E-state index is 11.8. The number of ketones is 1. The Hall–Kier alpha value is -0.860. The molecule has 0 bridgehead atoms. The smallest absolute Gasteiger partial charge is 0.375 e. The molecule has 82 valence electrons. The summed E-state index contributed by atoms with van der Waals surface area (Å²) in [6.45, 7) is 7.77. The molecule has 0 spiro atoms. The van der Waals surface area contributed by atoms with Crippen LogP contribution in [0.15, 0.2) is 0 Å². The molecule has 0 radical (unpaired) electrons. The number of Topliss-reactive ketones (excluding diaryl/α,β-unsaturated/α-hetero) is 1. The molecule has 0 aliphatic carbocycles. The summed E-state index contributed by atoms with van der Waals surface area (Å²) in [6.07, 6.45) is 2.08. The number of rotatable bonds is 6. The molecule has 0 aliphatic rings. The van der Waals surface area contributed by atoms with Gasteiger partial charge in [-0.25, -0.2) is 4.79 Å². The summed E-state index contributed by atoms with van der Waals surface area (Å²) in [6, 6.07) is 0. The van der Waals surface area contributed by atoms with Crippen molar-refractivity contribution in [1.82, 2.24) is 0 Å². The van der Waals surface area contributed by atoms with Crippen molar-refractivity contribution in [3.8, 4) is 0 Å². The van der Waals surface area contributed by atoms with Gasteiger partial charge in [-0.15, -0.1) is 0 Å². The van der Waals surface area contributed by atoms with E-state index in [1.165, 1.54) is 0 Å². The minimum atomic E-state index is -0.682. The highest BCUT2D eigenvalue weighted by molar-refractivity contribution is 6.35. The van der Waals surface area contributed by atoms with Crippen molar-refractivity contribution in [2.24, 2.45) is 5.41 Å². The van der Waals surface area contributed by atoms with Gasteiger partial charge in [0.05, 0.1) is 6.61 Å². The SMILES string of the molecule is CCOC(=O)C(=O)C(CC)(CC)CC. The van der Waals surface area contributed by atoms with Crippen LogP contribution in [0.3, 0.4) is 0 Å². The second-order valence-electron chi connectivity index (χ2n) is 3.39. The maximum absolute atomic E-state index is 11.8. The molecule has 0 aromatic rings. The van der Waals surface area contributed by atoms with Crippen LogP contribution in [0, 0.1) is 5.41 Å². The topological polar surface area (TPSA) is 43.4 Å². The minimum Gasteiger partial charge on any atom is -0.460 e. The Morgan fingerprint density at radius 2 is 1.43 bits per heavy atom. The van der Waals surface area contributed by atoms with Gasteiger partial charge >= 0.3 is 5.97 Å². The molecular weight excluding hydrogens is 180 g/mol. The van der Waals surface area contributed by atoms with E-state index in [9.17, 15) is 9.59 Å². The third kappa shape index (κ3) is 2.56. The van der Waals surface area contributed by atoms with Crippen LogP contribution in [0.4, 0.5) is 0 Å². The molecule has 0 atom stereocenters. The Bertz CT molecular complexity index is 196. The van der Waals surface area contributed by atoms with Crippen LogP contribution in [0.1, 0.15) is 47.0 Å². The molecule has 0 aromatic heterocycles. The van der Waals surface area contributed by atoms with E-state index in [0.717, 1.165) is 0 Å². The standard InChI is InChI=1S/C11H20O3/c1-5-11(6-2,7-3)9(12)10(13)14-8-4/h5-8H2,1-4H3. The van der Waals surface area contributed by atoms with Crippen molar-refractivity contribution in [2.45, 2.75) is 47.0 Å². The zero-order chi connectivity index (χ0) is 11.2. The van der Waals surface area contributed by atoms with Gasteiger partial charge in [-0.05, 0) is 26.2 Å². The summed E-state index contributed by atoms with van der Waals surface area (Å²) < 4.78 is 4.73. The number of hydrogen-bond acceptors (Lipinski definition) is 3. The van der Waals surface area contributed by atoms with E-state index in [2.05, 4.69) is 0 Å². The zero-order valence-corrected chi connectivity index (χ0v) is 9.55. The van der Waals surface area contributed by atoms with Gasteiger partial charge in [-0.2, -0.15) is 0 Å². The van der Waals surface area contributed by atoms with Gasteiger partial charge in [0.15, 0.2) is 0 Å². The van der Waals surface area contributed by atoms with Crippen LogP contribution in [-0.2, 0) is 14.3 Å². The number of ether oxygens (including phenoxy) is 1. The van der Waals surface area contributed by atoms with Gasteiger partial charge in [-0.3, -0.25) is 4.79 Å². The number of hydrogen-bond donors (Lipinski definition) is 0. The molecule has 0 aliphatic heterocycles. The van der Waals surface area contributed by atoms with Gasteiger partial charge in [-0.1, -0.05) is 20.8 Å². The average Bonchev–Trinajstić information content (AvgIpc) is 2.21. The minimum absolute atomic E-state index is 0.262. The zero-order valence-electron chi connectivity index (χ0n) is 9.55. The Labute approximate surface area is 85.8 Å². The highest BCUT2D eigenvalue weighted by Crippen LogP contribution is 2.31. The van der Waals surface area contributed by atoms with E-state index in [1.807, 2.05) is 20.8 Å². The van der Waals surface area contributed by atoms with Crippen LogP contribution < -0.4 is 0 Å². The Morgan fingerprint density at radius 3 is 1.71 bits per heavy atom. The fourth-order valence-corrected chi connectivity index (χ4v) is 1.64. The van der Waals surface area contributed by atoms with E-state index >= 15 is 0 Å². The van der Waals surface area contributed by atoms with E-state index in [0.29, 0.717) is 19.3 Å². The van der Waals surface area contributed by atoms with Crippen molar-refractivity contribution in [2.75, 3.05) is 6.61 Å². The number of esters is 1. The molecule has 3 nitrogen and oxygen atoms in total. The quantitative estimate of drug-likeness (QED) is 0.488. The monoisotopic (exact) mass is 200 g/mol. The first-order valence-electron chi connectivity index (χ1n) is 5.29. The molecule has 14 heavy (non-hydrogen) atoms. The van der Waals surface area contributed by atoms with Gasteiger partial charge in [0, 0.05) is 5.41 Å². The third-order valence-electron chi connectivity index (χ3n) is 2.97. The largest absolute Gasteiger partial charge is 0.460 e. The fraction of sp³-hybridized carbons (Fsp3) is 0.818. The van der Waals surface area contributed by atoms with Crippen molar-refractivity contribution >= 4 is 11.8 Å². The molecule has 0 heterocycles. The second-order valence-corrected chi connectivity index (χ2v) is 3.39. The van der Waals surface area contributed by atoms with Crippen LogP contribution in [0.2, 0.25) is 0 Å². The molecule has 0 saturated carbocycles. The van der Waals surface area contributed by atoms with Crippen molar-refractivity contribution < 1.29 is 14.3 Å². The highest BCUT2D eigenvalue weighted by atomic mass is 16.5. The lowest BCUT2D eigenvalue weighted by molar-refractivity contribution is -0.158. The first-order chi connectivity index (χ1) is 6.57. The summed E-state index contributed by atoms with van der Waals surface area (Å²) in [5.41, 5.74) is -0.508. The van der Waals surface area contributed by atoms with E-state index in [-0.39, 0.29) is 12.4 Å². The van der Waals surface area contributed by atoms with E-state index in [4.69, 9.17) is 4.74 Å². The van der Waals surface area contributed by atoms with Crippen molar-refractivity contribution in [3.05, 3.63) is 0 Å². The Morgan fingerprint density at radius 1 is 1.00 bits per heavy atom. The van der Waals surface area contributed by atoms with E-state index in [1.54, 1.807) is 6.92 Å². The van der Waals surface area contributed by atoms with Gasteiger partial charge < -0.3 is 4.74 Å². The predicted octanol–water partition coefficient (Wildman–Crippen LogP) is 2.33. The lowest BCUT2D eigenvalue weighted by Crippen LogP contribution is -2.36. The maximum Gasteiger partial charge on any atom is 0.375 e. The van der Waals surface area contributed by atoms with Crippen LogP contribution in [0.5, 0.6) is 0 Å². The van der Waals surface area contributed by atoms with Gasteiger partial charge in [0.25, 0.3) is 0 Å². The summed E-state index contributed by atoms with van der Waals surface area (Å²) in [5, 5.41) is 0. The summed E-state index contributed by atoms with van der Waals surface area (Å²) >= 11 is 0. The normalized spacial score (nSPS) is 11.1. The Kier molecular flexibility index (Phi) is 5.43. The Balaban J connectivity index is 4.67. The van der Waals surface area contributed by atoms with Crippen LogP contribution in [0.25, 0.3) is 0 Å². The molecule has 0 saturated heterocycles. The average molecular weight is 200 g/mol. The van der Waals surface area contributed by atoms with Crippen LogP contribution in [-0.4, -0.2) is 18.4 Å². The fourth-order valence-electron chi connectivity index (χ4n) is 1.64. The van der Waals surface area contributed by atoms with E-state index < -0.39 is 11.4 Å². The second kappa shape index (κ2) is 5.78. The first kappa shape index (κ1) is 13.1. The van der Waals surface area contributed by atoms with Crippen molar-refractivity contribution in [1.29, 1.82) is 0 Å². The lowest BCUT2D eigenvalue weighted by Gasteiger charge is -2.26. The highest BCUT2D eigenvalue weighted by Gasteiger charge is 2.38. The molecule has 0 unspecified atom stereocenters. The molecule has 0 aromatic carbocycles. The van der Waals surface area contributed by atoms with Crippen molar-refractivity contribution in [3.63, 3.8) is 0 Å². The number of carbonyl (C=O) groups is 2. The van der Waals surface area contributed by atoms with Gasteiger partial charge in [0.2, 0.25) is 5.78 Å². The molecule has 0 rings (SSSR count). The number of carbonyl (C=O) groups excluding carboxylic acids is 2. The first-order valence-corrected chi connectivity index (χ1v) is 5.29. The molecule has 3 heteroatoms. The lowest BCUT2D eigenvalue weighted by atomic mass is 9.76. The summed E-state index contributed by atoms with van der Waals surface area (Å²) in [4.78, 5) is 23.1.